The van der Waals surface area contributed by atoms with E-state index in [-0.39, 0.29) is 12.6 Å². The van der Waals surface area contributed by atoms with E-state index >= 15 is 0 Å². The highest BCUT2D eigenvalue weighted by molar-refractivity contribution is 5.64. The zero-order chi connectivity index (χ0) is 8.27. The van der Waals surface area contributed by atoms with Crippen molar-refractivity contribution >= 4 is 6.09 Å². The summed E-state index contributed by atoms with van der Waals surface area (Å²) in [5.41, 5.74) is 4.72. The predicted octanol–water partition coefficient (Wildman–Crippen LogP) is -0.218. The van der Waals surface area contributed by atoms with E-state index in [1.54, 1.807) is 0 Å². The molecule has 0 aromatic heterocycles. The van der Waals surface area contributed by atoms with Crippen molar-refractivity contribution in [3.63, 3.8) is 0 Å². The average molecular weight is 162 g/mol. The third-order valence-corrected chi connectivity index (χ3v) is 1.60. The van der Waals surface area contributed by atoms with Crippen LogP contribution >= 0.6 is 0 Å². The van der Waals surface area contributed by atoms with Crippen LogP contribution in [0.15, 0.2) is 0 Å². The Kier molecular flexibility index (Phi) is 2.64. The summed E-state index contributed by atoms with van der Waals surface area (Å²) in [5.74, 6) is 0. The van der Waals surface area contributed by atoms with E-state index in [2.05, 4.69) is 10.1 Å². The summed E-state index contributed by atoms with van der Waals surface area (Å²) in [5, 5.41) is 2.85. The minimum Gasteiger partial charge on any atom is -0.448 e. The van der Waals surface area contributed by atoms with Crippen LogP contribution in [0.5, 0.6) is 0 Å². The fourth-order valence-electron chi connectivity index (χ4n) is 1.08. The zero-order valence-electron chi connectivity index (χ0n) is 6.05. The first-order chi connectivity index (χ1) is 5.18. The van der Waals surface area contributed by atoms with Gasteiger partial charge in [0.25, 0.3) is 0 Å². The summed E-state index contributed by atoms with van der Waals surface area (Å²) in [7, 11) is 0. The van der Waals surface area contributed by atoms with Gasteiger partial charge in [0, 0.05) is 12.6 Å². The molecule has 1 aliphatic heterocycles. The molecule has 0 aromatic rings. The number of carbonyl (C=O) groups excluding carboxylic acids is 1. The van der Waals surface area contributed by atoms with E-state index in [1.807, 2.05) is 0 Å². The molecule has 2 atom stereocenters. The molecule has 0 aromatic carbocycles. The number of hydrogen-bond donors (Lipinski definition) is 2. The lowest BCUT2D eigenvalue weighted by atomic mass is 10.2. The molecule has 0 unspecified atom stereocenters. The first-order valence-corrected chi connectivity index (χ1v) is 3.48. The highest BCUT2D eigenvalue weighted by Gasteiger charge is 2.23. The van der Waals surface area contributed by atoms with Gasteiger partial charge in [-0.05, 0) is 6.42 Å². The largest absolute Gasteiger partial charge is 0.448 e. The van der Waals surface area contributed by atoms with E-state index in [9.17, 15) is 9.18 Å². The normalized spacial score (nSPS) is 30.3. The van der Waals surface area contributed by atoms with Crippen LogP contribution in [0.25, 0.3) is 0 Å². The molecule has 4 nitrogen and oxygen atoms in total. The standard InChI is InChI=1S/C6H11FN2O2/c7-4-1-5(9-2-4)3-11-6(8)10/h4-5,9H,1-3H2,(H2,8,10)/t4-,5-/m0/s1. The Labute approximate surface area is 63.9 Å². The van der Waals surface area contributed by atoms with Gasteiger partial charge in [0.15, 0.2) is 0 Å². The number of nitrogens with two attached hydrogens (primary N) is 1. The number of alkyl halides is 1. The SMILES string of the molecule is NC(=O)OC[C@@H]1C[C@H](F)CN1. The zero-order valence-corrected chi connectivity index (χ0v) is 6.05. The highest BCUT2D eigenvalue weighted by atomic mass is 19.1. The van der Waals surface area contributed by atoms with Crippen LogP contribution in [-0.2, 0) is 4.74 Å². The summed E-state index contributed by atoms with van der Waals surface area (Å²) < 4.78 is 16.9. The third kappa shape index (κ3) is 2.71. The second-order valence-electron chi connectivity index (χ2n) is 2.57. The Hall–Kier alpha value is -0.840. The molecule has 0 radical (unpaired) electrons. The Morgan fingerprint density at radius 3 is 3.00 bits per heavy atom. The molecule has 1 amide bonds. The summed E-state index contributed by atoms with van der Waals surface area (Å²) in [6.07, 6.45) is -1.24. The molecule has 0 saturated carbocycles. The smallest absolute Gasteiger partial charge is 0.404 e. The molecule has 1 saturated heterocycles. The van der Waals surface area contributed by atoms with Crippen LogP contribution in [0, 0.1) is 0 Å². The lowest BCUT2D eigenvalue weighted by Crippen LogP contribution is -2.29. The quantitative estimate of drug-likeness (QED) is 0.590. The topological polar surface area (TPSA) is 64.4 Å². The van der Waals surface area contributed by atoms with Gasteiger partial charge in [-0.15, -0.1) is 0 Å². The number of ether oxygens (including phenoxy) is 1. The van der Waals surface area contributed by atoms with E-state index in [0.717, 1.165) is 0 Å². The summed E-state index contributed by atoms with van der Waals surface area (Å²) in [6, 6.07) is -0.0718. The summed E-state index contributed by atoms with van der Waals surface area (Å²) in [4.78, 5) is 10.1. The van der Waals surface area contributed by atoms with Crippen molar-refractivity contribution in [2.45, 2.75) is 18.6 Å². The lowest BCUT2D eigenvalue weighted by molar-refractivity contribution is 0.145. The maximum atomic E-state index is 12.5. The van der Waals surface area contributed by atoms with Gasteiger partial charge in [-0.2, -0.15) is 0 Å². The monoisotopic (exact) mass is 162 g/mol. The number of rotatable bonds is 2. The van der Waals surface area contributed by atoms with Crippen LogP contribution in [0.1, 0.15) is 6.42 Å². The van der Waals surface area contributed by atoms with Gasteiger partial charge in [-0.3, -0.25) is 0 Å². The Balaban J connectivity index is 2.13. The maximum absolute atomic E-state index is 12.5. The van der Waals surface area contributed by atoms with Crippen LogP contribution in [0.4, 0.5) is 9.18 Å². The van der Waals surface area contributed by atoms with Gasteiger partial charge in [0.05, 0.1) is 0 Å². The second kappa shape index (κ2) is 3.52. The van der Waals surface area contributed by atoms with Gasteiger partial charge >= 0.3 is 6.09 Å². The molecule has 1 rings (SSSR count). The van der Waals surface area contributed by atoms with E-state index < -0.39 is 12.3 Å². The minimum atomic E-state index is -0.823. The van der Waals surface area contributed by atoms with Crippen molar-refractivity contribution in [3.8, 4) is 0 Å². The van der Waals surface area contributed by atoms with Crippen molar-refractivity contribution in [2.75, 3.05) is 13.2 Å². The van der Waals surface area contributed by atoms with E-state index in [1.165, 1.54) is 0 Å². The van der Waals surface area contributed by atoms with Gasteiger partial charge < -0.3 is 15.8 Å². The van der Waals surface area contributed by atoms with Crippen molar-refractivity contribution in [1.29, 1.82) is 0 Å². The predicted molar refractivity (Wildman–Crippen MR) is 36.8 cm³/mol. The first kappa shape index (κ1) is 8.26. The number of nitrogens with one attached hydrogen (secondary N) is 1. The average Bonchev–Trinajstić information content (AvgIpc) is 2.31. The van der Waals surface area contributed by atoms with Crippen LogP contribution < -0.4 is 11.1 Å². The molecule has 11 heavy (non-hydrogen) atoms. The molecule has 3 N–H and O–H groups in total. The van der Waals surface area contributed by atoms with Gasteiger partial charge in [0.1, 0.15) is 12.8 Å². The molecule has 0 bridgehead atoms. The molecule has 1 aliphatic rings. The molecule has 0 spiro atoms. The summed E-state index contributed by atoms with van der Waals surface area (Å²) in [6.45, 7) is 0.503. The van der Waals surface area contributed by atoms with Crippen LogP contribution in [0.3, 0.4) is 0 Å². The van der Waals surface area contributed by atoms with Crippen molar-refractivity contribution < 1.29 is 13.9 Å². The van der Waals surface area contributed by atoms with Gasteiger partial charge in [-0.25, -0.2) is 9.18 Å². The first-order valence-electron chi connectivity index (χ1n) is 3.48. The van der Waals surface area contributed by atoms with Crippen molar-refractivity contribution in [2.24, 2.45) is 5.73 Å². The van der Waals surface area contributed by atoms with Crippen molar-refractivity contribution in [1.82, 2.24) is 5.32 Å². The lowest BCUT2D eigenvalue weighted by Gasteiger charge is -2.07. The fraction of sp³-hybridized carbons (Fsp3) is 0.833. The molecule has 64 valence electrons. The Morgan fingerprint density at radius 1 is 1.82 bits per heavy atom. The van der Waals surface area contributed by atoms with Gasteiger partial charge in [-0.1, -0.05) is 0 Å². The Morgan fingerprint density at radius 2 is 2.55 bits per heavy atom. The van der Waals surface area contributed by atoms with Crippen molar-refractivity contribution in [3.05, 3.63) is 0 Å². The Bertz CT molecular complexity index is 154. The number of hydrogen-bond acceptors (Lipinski definition) is 3. The van der Waals surface area contributed by atoms with E-state index in [4.69, 9.17) is 5.73 Å². The van der Waals surface area contributed by atoms with E-state index in [0.29, 0.717) is 13.0 Å². The molecular formula is C6H11FN2O2. The number of halogens is 1. The number of amides is 1. The molecule has 0 aliphatic carbocycles. The summed E-state index contributed by atoms with van der Waals surface area (Å²) >= 11 is 0. The fourth-order valence-corrected chi connectivity index (χ4v) is 1.08. The molecule has 1 fully saturated rings. The molecule has 1 heterocycles. The van der Waals surface area contributed by atoms with Gasteiger partial charge in [0.2, 0.25) is 0 Å². The molecule has 5 heteroatoms. The second-order valence-corrected chi connectivity index (χ2v) is 2.57. The van der Waals surface area contributed by atoms with Crippen LogP contribution in [0.2, 0.25) is 0 Å². The third-order valence-electron chi connectivity index (χ3n) is 1.60. The maximum Gasteiger partial charge on any atom is 0.404 e. The minimum absolute atomic E-state index is 0.0718. The van der Waals surface area contributed by atoms with Crippen LogP contribution in [-0.4, -0.2) is 31.5 Å². The highest BCUT2D eigenvalue weighted by Crippen LogP contribution is 2.09. The number of primary amides is 1. The molecular weight excluding hydrogens is 151 g/mol. The number of carbonyl (C=O) groups is 1.